The molecule has 0 spiro atoms. The van der Waals surface area contributed by atoms with Crippen molar-refractivity contribution in [1.29, 1.82) is 0 Å². The van der Waals surface area contributed by atoms with E-state index in [2.05, 4.69) is 38.2 Å². The highest BCUT2D eigenvalue weighted by Gasteiger charge is 2.27. The van der Waals surface area contributed by atoms with Crippen LogP contribution in [0.2, 0.25) is 0 Å². The van der Waals surface area contributed by atoms with Crippen LogP contribution < -0.4 is 0 Å². The molecule has 0 aliphatic rings. The first kappa shape index (κ1) is 41.4. The summed E-state index contributed by atoms with van der Waals surface area (Å²) < 4.78 is 10.9. The van der Waals surface area contributed by atoms with Crippen LogP contribution in [-0.4, -0.2) is 17.7 Å². The largest absolute Gasteiger partial charge is 0.423 e. The number of hydrogen-bond acceptors (Lipinski definition) is 4. The molecular weight excluding hydrogens is 532 g/mol. The number of carbonyl (C=O) groups is 2. The lowest BCUT2D eigenvalue weighted by atomic mass is 10.1. The molecule has 0 atom stereocenters. The van der Waals surface area contributed by atoms with E-state index in [1.165, 1.54) is 116 Å². The number of hydrogen-bond donors (Lipinski definition) is 0. The Morgan fingerprint density at radius 1 is 0.419 bits per heavy atom. The third-order valence-corrected chi connectivity index (χ3v) is 8.00. The summed E-state index contributed by atoms with van der Waals surface area (Å²) in [5.74, 6) is -1.76. The minimum atomic E-state index is -1.20. The maximum absolute atomic E-state index is 12.3. The Kier molecular flexibility index (Phi) is 30.7. The fourth-order valence-corrected chi connectivity index (χ4v) is 5.35. The highest BCUT2D eigenvalue weighted by Crippen LogP contribution is 2.17. The summed E-state index contributed by atoms with van der Waals surface area (Å²) in [5, 5.41) is 0. The Labute approximate surface area is 268 Å². The third kappa shape index (κ3) is 33.2. The Morgan fingerprint density at radius 2 is 0.674 bits per heavy atom. The number of allylic oxidation sites excluding steroid dienone is 4. The van der Waals surface area contributed by atoms with Crippen LogP contribution in [0.4, 0.5) is 0 Å². The van der Waals surface area contributed by atoms with Gasteiger partial charge < -0.3 is 9.47 Å². The van der Waals surface area contributed by atoms with Crippen molar-refractivity contribution in [3.63, 3.8) is 0 Å². The molecule has 0 saturated carbocycles. The zero-order valence-corrected chi connectivity index (χ0v) is 29.2. The molecule has 4 nitrogen and oxygen atoms in total. The van der Waals surface area contributed by atoms with E-state index >= 15 is 0 Å². The molecule has 0 fully saturated rings. The van der Waals surface area contributed by atoms with E-state index in [1.54, 1.807) is 13.8 Å². The van der Waals surface area contributed by atoms with Crippen LogP contribution >= 0.6 is 0 Å². The number of unbranched alkanes of at least 4 members (excludes halogenated alkanes) is 22. The van der Waals surface area contributed by atoms with Gasteiger partial charge in [0.15, 0.2) is 0 Å². The van der Waals surface area contributed by atoms with Crippen LogP contribution in [0, 0.1) is 0 Å². The van der Waals surface area contributed by atoms with Gasteiger partial charge in [-0.3, -0.25) is 9.59 Å². The van der Waals surface area contributed by atoms with E-state index in [9.17, 15) is 9.59 Å². The third-order valence-electron chi connectivity index (χ3n) is 8.00. The Bertz CT molecular complexity index is 623. The lowest BCUT2D eigenvalue weighted by molar-refractivity contribution is -0.216. The smallest absolute Gasteiger partial charge is 0.309 e. The van der Waals surface area contributed by atoms with Crippen LogP contribution in [-0.2, 0) is 19.1 Å². The molecule has 0 N–H and O–H groups in total. The van der Waals surface area contributed by atoms with Gasteiger partial charge in [0.1, 0.15) is 0 Å². The van der Waals surface area contributed by atoms with Gasteiger partial charge in [0.25, 0.3) is 5.79 Å². The molecule has 0 aromatic carbocycles. The molecular formula is C39H72O4. The summed E-state index contributed by atoms with van der Waals surface area (Å²) in [6.07, 6.45) is 42.1. The lowest BCUT2D eigenvalue weighted by Gasteiger charge is -2.25. The molecule has 0 aromatic heterocycles. The quantitative estimate of drug-likeness (QED) is 0.0332. The minimum absolute atomic E-state index is 0.281. The van der Waals surface area contributed by atoms with Crippen LogP contribution in [0.3, 0.4) is 0 Å². The zero-order valence-electron chi connectivity index (χ0n) is 29.2. The van der Waals surface area contributed by atoms with E-state index in [0.717, 1.165) is 51.4 Å². The normalized spacial score (nSPS) is 12.0. The standard InChI is InChI=1S/C39H72O4/c1-5-7-9-11-13-15-17-19-21-23-25-27-29-31-33-35-37(40)42-39(3,4)43-38(41)36-34-32-30-28-26-24-22-20-18-16-14-12-10-8-6-2/h19-22H,5-18,23-36H2,1-4H3/b21-19-,22-20-. The summed E-state index contributed by atoms with van der Waals surface area (Å²) in [4.78, 5) is 24.5. The summed E-state index contributed by atoms with van der Waals surface area (Å²) in [7, 11) is 0. The summed E-state index contributed by atoms with van der Waals surface area (Å²) in [5.41, 5.74) is 0. The molecule has 0 bridgehead atoms. The monoisotopic (exact) mass is 605 g/mol. The van der Waals surface area contributed by atoms with Crippen molar-refractivity contribution >= 4 is 11.9 Å². The maximum atomic E-state index is 12.3. The van der Waals surface area contributed by atoms with Crippen molar-refractivity contribution in [3.8, 4) is 0 Å². The highest BCUT2D eigenvalue weighted by molar-refractivity contribution is 5.71. The van der Waals surface area contributed by atoms with Crippen LogP contribution in [0.5, 0.6) is 0 Å². The maximum Gasteiger partial charge on any atom is 0.309 e. The first-order valence-electron chi connectivity index (χ1n) is 18.6. The molecule has 0 saturated heterocycles. The fraction of sp³-hybridized carbons (Fsp3) is 0.846. The number of carbonyl (C=O) groups excluding carboxylic acids is 2. The van der Waals surface area contributed by atoms with Crippen molar-refractivity contribution in [2.75, 3.05) is 0 Å². The first-order valence-corrected chi connectivity index (χ1v) is 18.6. The van der Waals surface area contributed by atoms with Crippen molar-refractivity contribution < 1.29 is 19.1 Å². The van der Waals surface area contributed by atoms with Gasteiger partial charge in [-0.05, 0) is 64.2 Å². The molecule has 0 rings (SSSR count). The molecule has 252 valence electrons. The van der Waals surface area contributed by atoms with Crippen molar-refractivity contribution in [3.05, 3.63) is 24.3 Å². The van der Waals surface area contributed by atoms with E-state index in [-0.39, 0.29) is 11.9 Å². The van der Waals surface area contributed by atoms with Gasteiger partial charge in [0.2, 0.25) is 0 Å². The van der Waals surface area contributed by atoms with E-state index in [1.807, 2.05) is 0 Å². The van der Waals surface area contributed by atoms with Gasteiger partial charge >= 0.3 is 11.9 Å². The summed E-state index contributed by atoms with van der Waals surface area (Å²) in [6, 6.07) is 0. The predicted molar refractivity (Wildman–Crippen MR) is 185 cm³/mol. The van der Waals surface area contributed by atoms with Crippen LogP contribution in [0.15, 0.2) is 24.3 Å². The number of ether oxygens (including phenoxy) is 2. The molecule has 0 amide bonds. The average molecular weight is 605 g/mol. The van der Waals surface area contributed by atoms with Gasteiger partial charge in [0.05, 0.1) is 0 Å². The van der Waals surface area contributed by atoms with Gasteiger partial charge in [-0.15, -0.1) is 0 Å². The van der Waals surface area contributed by atoms with Crippen molar-refractivity contribution in [2.45, 2.75) is 213 Å². The van der Waals surface area contributed by atoms with Crippen molar-refractivity contribution in [2.24, 2.45) is 0 Å². The second-order valence-electron chi connectivity index (χ2n) is 13.0. The second kappa shape index (κ2) is 31.8. The van der Waals surface area contributed by atoms with E-state index in [0.29, 0.717) is 12.8 Å². The van der Waals surface area contributed by atoms with E-state index < -0.39 is 5.79 Å². The molecule has 0 aliphatic carbocycles. The van der Waals surface area contributed by atoms with Gasteiger partial charge in [-0.25, -0.2) is 0 Å². The van der Waals surface area contributed by atoms with Crippen LogP contribution in [0.1, 0.15) is 207 Å². The molecule has 0 heterocycles. The summed E-state index contributed by atoms with van der Waals surface area (Å²) in [6.45, 7) is 7.84. The molecule has 4 heteroatoms. The number of esters is 2. The summed E-state index contributed by atoms with van der Waals surface area (Å²) >= 11 is 0. The highest BCUT2D eigenvalue weighted by atomic mass is 16.7. The average Bonchev–Trinajstić information content (AvgIpc) is 2.96. The van der Waals surface area contributed by atoms with Crippen LogP contribution in [0.25, 0.3) is 0 Å². The second-order valence-corrected chi connectivity index (χ2v) is 13.0. The molecule has 0 radical (unpaired) electrons. The molecule has 0 aliphatic heterocycles. The Morgan fingerprint density at radius 3 is 0.977 bits per heavy atom. The van der Waals surface area contributed by atoms with Gasteiger partial charge in [-0.1, -0.05) is 141 Å². The topological polar surface area (TPSA) is 52.6 Å². The minimum Gasteiger partial charge on any atom is -0.423 e. The first-order chi connectivity index (χ1) is 20.9. The lowest BCUT2D eigenvalue weighted by Crippen LogP contribution is -2.33. The molecule has 43 heavy (non-hydrogen) atoms. The van der Waals surface area contributed by atoms with Crippen molar-refractivity contribution in [1.82, 2.24) is 0 Å². The zero-order chi connectivity index (χ0) is 31.7. The molecule has 0 aromatic rings. The van der Waals surface area contributed by atoms with Gasteiger partial charge in [-0.2, -0.15) is 0 Å². The SMILES string of the molecule is CCCCCCCC/C=C\CCCCCCCC(=O)OC(C)(C)OC(=O)CCCCCCC/C=C\CCCCCCCC. The van der Waals surface area contributed by atoms with Gasteiger partial charge in [0, 0.05) is 26.7 Å². The number of rotatable bonds is 32. The Hall–Kier alpha value is -1.58. The predicted octanol–water partition coefficient (Wildman–Crippen LogP) is 12.9. The molecule has 0 unspecified atom stereocenters. The van der Waals surface area contributed by atoms with E-state index in [4.69, 9.17) is 9.47 Å². The fourth-order valence-electron chi connectivity index (χ4n) is 5.35. The Balaban J connectivity index is 3.61.